The van der Waals surface area contributed by atoms with Crippen LogP contribution in [-0.4, -0.2) is 31.1 Å². The van der Waals surface area contributed by atoms with Crippen molar-refractivity contribution in [1.82, 2.24) is 10.2 Å². The average molecular weight is 311 g/mol. The van der Waals surface area contributed by atoms with Gasteiger partial charge in [-0.25, -0.2) is 0 Å². The van der Waals surface area contributed by atoms with E-state index in [1.54, 1.807) is 0 Å². The molecule has 0 amide bonds. The largest absolute Gasteiger partial charge is 0.317 e. The van der Waals surface area contributed by atoms with Gasteiger partial charge in [-0.1, -0.05) is 35.0 Å². The third-order valence-corrected chi connectivity index (χ3v) is 4.13. The van der Waals surface area contributed by atoms with E-state index in [1.165, 1.54) is 38.0 Å². The first-order valence-corrected chi connectivity index (χ1v) is 7.74. The molecule has 1 heterocycles. The first-order chi connectivity index (χ1) is 8.78. The summed E-state index contributed by atoms with van der Waals surface area (Å²) in [4.78, 5) is 2.59. The number of nitrogens with one attached hydrogen (secondary N) is 1. The van der Waals surface area contributed by atoms with E-state index in [0.29, 0.717) is 0 Å². The van der Waals surface area contributed by atoms with Crippen molar-refractivity contribution >= 4 is 15.9 Å². The van der Waals surface area contributed by atoms with Gasteiger partial charge in [0.25, 0.3) is 0 Å². The lowest BCUT2D eigenvalue weighted by Gasteiger charge is -2.32. The number of benzene rings is 1. The first-order valence-electron chi connectivity index (χ1n) is 6.95. The van der Waals surface area contributed by atoms with Gasteiger partial charge in [0.15, 0.2) is 0 Å². The lowest BCUT2D eigenvalue weighted by molar-refractivity contribution is 0.166. The number of nitrogens with zero attached hydrogens (tertiary/aromatic N) is 1. The van der Waals surface area contributed by atoms with E-state index in [4.69, 9.17) is 0 Å². The summed E-state index contributed by atoms with van der Waals surface area (Å²) in [6, 6.07) is 8.71. The van der Waals surface area contributed by atoms with E-state index >= 15 is 0 Å². The highest BCUT2D eigenvalue weighted by atomic mass is 79.9. The van der Waals surface area contributed by atoms with Crippen molar-refractivity contribution < 1.29 is 0 Å². The summed E-state index contributed by atoms with van der Waals surface area (Å²) in [6.45, 7) is 8.02. The fraction of sp³-hybridized carbons (Fsp3) is 0.600. The minimum atomic E-state index is 0.828. The number of piperidine rings is 1. The second-order valence-corrected chi connectivity index (χ2v) is 6.09. The third kappa shape index (κ3) is 4.38. The van der Waals surface area contributed by atoms with E-state index in [2.05, 4.69) is 57.3 Å². The van der Waals surface area contributed by atoms with Gasteiger partial charge < -0.3 is 5.32 Å². The lowest BCUT2D eigenvalue weighted by atomic mass is 9.97. The molecule has 1 fully saturated rings. The predicted molar refractivity (Wildman–Crippen MR) is 80.7 cm³/mol. The van der Waals surface area contributed by atoms with Gasteiger partial charge in [0, 0.05) is 17.6 Å². The second kappa shape index (κ2) is 7.27. The van der Waals surface area contributed by atoms with Crippen molar-refractivity contribution in [3.63, 3.8) is 0 Å². The zero-order valence-electron chi connectivity index (χ0n) is 11.2. The molecule has 0 saturated carbocycles. The van der Waals surface area contributed by atoms with Crippen LogP contribution in [0.4, 0.5) is 0 Å². The maximum atomic E-state index is 3.49. The summed E-state index contributed by atoms with van der Waals surface area (Å²) < 4.78 is 1.16. The molecular weight excluding hydrogens is 288 g/mol. The van der Waals surface area contributed by atoms with Crippen molar-refractivity contribution in [2.45, 2.75) is 26.3 Å². The van der Waals surface area contributed by atoms with Gasteiger partial charge in [-0.2, -0.15) is 0 Å². The maximum absolute atomic E-state index is 3.49. The Morgan fingerprint density at radius 3 is 2.83 bits per heavy atom. The minimum Gasteiger partial charge on any atom is -0.317 e. The van der Waals surface area contributed by atoms with Crippen molar-refractivity contribution in [3.8, 4) is 0 Å². The SMILES string of the molecule is CCNCC1CCCN(Cc2ccc(Br)cc2)C1. The van der Waals surface area contributed by atoms with Crippen LogP contribution in [-0.2, 0) is 6.54 Å². The molecule has 1 N–H and O–H groups in total. The van der Waals surface area contributed by atoms with Gasteiger partial charge in [-0.05, 0) is 56.1 Å². The van der Waals surface area contributed by atoms with Crippen LogP contribution in [0.1, 0.15) is 25.3 Å². The van der Waals surface area contributed by atoms with E-state index in [-0.39, 0.29) is 0 Å². The Labute approximate surface area is 119 Å². The van der Waals surface area contributed by atoms with Crippen LogP contribution >= 0.6 is 15.9 Å². The van der Waals surface area contributed by atoms with Crippen molar-refractivity contribution in [3.05, 3.63) is 34.3 Å². The Kier molecular flexibility index (Phi) is 5.67. The fourth-order valence-electron chi connectivity index (χ4n) is 2.66. The monoisotopic (exact) mass is 310 g/mol. The molecule has 1 aromatic rings. The standard InChI is InChI=1S/C15H23BrN2/c1-2-17-10-14-4-3-9-18(12-14)11-13-5-7-15(16)8-6-13/h5-8,14,17H,2-4,9-12H2,1H3. The molecule has 1 saturated heterocycles. The number of hydrogen-bond acceptors (Lipinski definition) is 2. The van der Waals surface area contributed by atoms with Crippen LogP contribution in [0.2, 0.25) is 0 Å². The van der Waals surface area contributed by atoms with Crippen molar-refractivity contribution in [1.29, 1.82) is 0 Å². The molecule has 2 nitrogen and oxygen atoms in total. The molecule has 2 rings (SSSR count). The molecule has 1 aromatic carbocycles. The molecule has 100 valence electrons. The molecule has 0 aromatic heterocycles. The number of likely N-dealkylation sites (tertiary alicyclic amines) is 1. The first kappa shape index (κ1) is 14.0. The molecule has 0 spiro atoms. The molecule has 3 heteroatoms. The minimum absolute atomic E-state index is 0.828. The summed E-state index contributed by atoms with van der Waals surface area (Å²) in [5.41, 5.74) is 1.42. The predicted octanol–water partition coefficient (Wildman–Crippen LogP) is 3.27. The molecule has 0 radical (unpaired) electrons. The van der Waals surface area contributed by atoms with Gasteiger partial charge in [-0.3, -0.25) is 4.90 Å². The second-order valence-electron chi connectivity index (χ2n) is 5.18. The molecule has 1 atom stereocenters. The lowest BCUT2D eigenvalue weighted by Crippen LogP contribution is -2.39. The van der Waals surface area contributed by atoms with Crippen LogP contribution in [0.3, 0.4) is 0 Å². The Hall–Kier alpha value is -0.380. The summed E-state index contributed by atoms with van der Waals surface area (Å²) in [7, 11) is 0. The highest BCUT2D eigenvalue weighted by Crippen LogP contribution is 2.19. The van der Waals surface area contributed by atoms with Crippen LogP contribution in [0.25, 0.3) is 0 Å². The van der Waals surface area contributed by atoms with Gasteiger partial charge in [0.1, 0.15) is 0 Å². The quantitative estimate of drug-likeness (QED) is 0.898. The van der Waals surface area contributed by atoms with Crippen molar-refractivity contribution in [2.75, 3.05) is 26.2 Å². The number of rotatable bonds is 5. The molecule has 0 bridgehead atoms. The Morgan fingerprint density at radius 2 is 2.11 bits per heavy atom. The highest BCUT2D eigenvalue weighted by molar-refractivity contribution is 9.10. The normalized spacial score (nSPS) is 21.1. The van der Waals surface area contributed by atoms with Gasteiger partial charge >= 0.3 is 0 Å². The summed E-state index contributed by atoms with van der Waals surface area (Å²) in [6.07, 6.45) is 2.72. The van der Waals surface area contributed by atoms with Gasteiger partial charge in [-0.15, -0.1) is 0 Å². The summed E-state index contributed by atoms with van der Waals surface area (Å²) in [5.74, 6) is 0.828. The molecule has 1 aliphatic heterocycles. The molecular formula is C15H23BrN2. The molecule has 18 heavy (non-hydrogen) atoms. The van der Waals surface area contributed by atoms with E-state index in [1.807, 2.05) is 0 Å². The topological polar surface area (TPSA) is 15.3 Å². The molecule has 1 unspecified atom stereocenters. The Balaban J connectivity index is 1.83. The van der Waals surface area contributed by atoms with E-state index in [0.717, 1.165) is 23.5 Å². The maximum Gasteiger partial charge on any atom is 0.0233 e. The third-order valence-electron chi connectivity index (χ3n) is 3.61. The van der Waals surface area contributed by atoms with Crippen molar-refractivity contribution in [2.24, 2.45) is 5.92 Å². The average Bonchev–Trinajstić information content (AvgIpc) is 2.40. The Morgan fingerprint density at radius 1 is 1.33 bits per heavy atom. The molecule has 1 aliphatic rings. The van der Waals surface area contributed by atoms with E-state index in [9.17, 15) is 0 Å². The smallest absolute Gasteiger partial charge is 0.0233 e. The van der Waals surface area contributed by atoms with Crippen LogP contribution in [0.15, 0.2) is 28.7 Å². The van der Waals surface area contributed by atoms with Gasteiger partial charge in [0.2, 0.25) is 0 Å². The fourth-order valence-corrected chi connectivity index (χ4v) is 2.92. The highest BCUT2D eigenvalue weighted by Gasteiger charge is 2.19. The zero-order valence-corrected chi connectivity index (χ0v) is 12.7. The van der Waals surface area contributed by atoms with Gasteiger partial charge in [0.05, 0.1) is 0 Å². The summed E-state index contributed by atoms with van der Waals surface area (Å²) in [5, 5.41) is 3.48. The van der Waals surface area contributed by atoms with Crippen LogP contribution < -0.4 is 5.32 Å². The summed E-state index contributed by atoms with van der Waals surface area (Å²) >= 11 is 3.49. The Bertz CT molecular complexity index is 350. The van der Waals surface area contributed by atoms with Crippen LogP contribution in [0.5, 0.6) is 0 Å². The van der Waals surface area contributed by atoms with Crippen LogP contribution in [0, 0.1) is 5.92 Å². The molecule has 0 aliphatic carbocycles. The zero-order chi connectivity index (χ0) is 12.8. The number of halogens is 1. The number of hydrogen-bond donors (Lipinski definition) is 1. The van der Waals surface area contributed by atoms with E-state index < -0.39 is 0 Å².